The minimum atomic E-state index is -0.720. The van der Waals surface area contributed by atoms with Crippen molar-refractivity contribution in [3.63, 3.8) is 0 Å². The van der Waals surface area contributed by atoms with E-state index in [-0.39, 0.29) is 11.6 Å². The highest BCUT2D eigenvalue weighted by Crippen LogP contribution is 2.25. The monoisotopic (exact) mass is 366 g/mol. The highest BCUT2D eigenvalue weighted by molar-refractivity contribution is 5.87. The lowest BCUT2D eigenvalue weighted by Crippen LogP contribution is -2.07. The average molecular weight is 366 g/mol. The summed E-state index contributed by atoms with van der Waals surface area (Å²) in [5.41, 5.74) is 1.77. The molecule has 0 atom stereocenters. The number of aromatic nitrogens is 4. The molecule has 2 aromatic heterocycles. The number of nitrogens with one attached hydrogen (secondary N) is 2. The quantitative estimate of drug-likeness (QED) is 0.559. The number of halogens is 2. The lowest BCUT2D eigenvalue weighted by molar-refractivity contribution is 0.586. The molecule has 0 aliphatic heterocycles. The maximum Gasteiger partial charge on any atom is 0.231 e. The second-order valence-corrected chi connectivity index (χ2v) is 5.99. The van der Waals surface area contributed by atoms with E-state index in [1.54, 1.807) is 17.9 Å². The Hall–Kier alpha value is -3.55. The van der Waals surface area contributed by atoms with Crippen LogP contribution in [0.25, 0.3) is 11.0 Å². The molecule has 0 saturated heterocycles. The van der Waals surface area contributed by atoms with Crippen LogP contribution in [0.3, 0.4) is 0 Å². The van der Waals surface area contributed by atoms with Gasteiger partial charge in [-0.2, -0.15) is 15.1 Å². The van der Waals surface area contributed by atoms with Crippen LogP contribution < -0.4 is 10.6 Å². The van der Waals surface area contributed by atoms with E-state index in [4.69, 9.17) is 0 Å². The number of benzene rings is 2. The van der Waals surface area contributed by atoms with Crippen molar-refractivity contribution in [3.8, 4) is 0 Å². The van der Waals surface area contributed by atoms with Crippen LogP contribution in [0.2, 0.25) is 0 Å². The molecule has 0 spiro atoms. The molecule has 2 heterocycles. The van der Waals surface area contributed by atoms with E-state index in [2.05, 4.69) is 25.7 Å². The van der Waals surface area contributed by atoms with Crippen molar-refractivity contribution in [2.75, 3.05) is 10.6 Å². The Balaban J connectivity index is 1.68. The number of fused-ring (bicyclic) bond motifs is 1. The van der Waals surface area contributed by atoms with Crippen molar-refractivity contribution in [3.05, 3.63) is 71.9 Å². The summed E-state index contributed by atoms with van der Waals surface area (Å²) < 4.78 is 28.7. The first-order valence-electron chi connectivity index (χ1n) is 8.30. The van der Waals surface area contributed by atoms with Gasteiger partial charge in [-0.3, -0.25) is 4.68 Å². The third-order valence-corrected chi connectivity index (χ3v) is 4.07. The zero-order valence-corrected chi connectivity index (χ0v) is 14.4. The highest BCUT2D eigenvalue weighted by atomic mass is 19.1. The van der Waals surface area contributed by atoms with Gasteiger partial charge in [-0.1, -0.05) is 30.3 Å². The van der Waals surface area contributed by atoms with Gasteiger partial charge in [-0.15, -0.1) is 0 Å². The molecule has 4 aromatic rings. The van der Waals surface area contributed by atoms with Gasteiger partial charge in [-0.05, 0) is 17.7 Å². The van der Waals surface area contributed by atoms with Crippen LogP contribution in [0.5, 0.6) is 0 Å². The van der Waals surface area contributed by atoms with Crippen LogP contribution in [0.1, 0.15) is 5.56 Å². The fourth-order valence-electron chi connectivity index (χ4n) is 2.71. The second-order valence-electron chi connectivity index (χ2n) is 5.99. The molecule has 0 unspecified atom stereocenters. The first-order chi connectivity index (χ1) is 13.1. The molecule has 0 bridgehead atoms. The molecule has 0 amide bonds. The van der Waals surface area contributed by atoms with Gasteiger partial charge in [0.1, 0.15) is 17.5 Å². The number of hydrogen-bond acceptors (Lipinski definition) is 5. The number of nitrogens with zero attached hydrogens (tertiary/aromatic N) is 4. The maximum atomic E-state index is 13.9. The first kappa shape index (κ1) is 16.9. The molecule has 27 heavy (non-hydrogen) atoms. The van der Waals surface area contributed by atoms with Crippen molar-refractivity contribution in [1.82, 2.24) is 19.7 Å². The van der Waals surface area contributed by atoms with Gasteiger partial charge in [0.2, 0.25) is 5.95 Å². The third kappa shape index (κ3) is 3.55. The van der Waals surface area contributed by atoms with Gasteiger partial charge < -0.3 is 10.6 Å². The van der Waals surface area contributed by atoms with Crippen LogP contribution in [0.15, 0.2) is 54.7 Å². The Bertz CT molecular complexity index is 1090. The molecular formula is C19H16F2N6. The van der Waals surface area contributed by atoms with Crippen molar-refractivity contribution in [2.24, 2.45) is 7.05 Å². The van der Waals surface area contributed by atoms with Crippen molar-refractivity contribution in [2.45, 2.75) is 6.54 Å². The maximum absolute atomic E-state index is 13.9. The van der Waals surface area contributed by atoms with Gasteiger partial charge in [0.15, 0.2) is 5.65 Å². The molecule has 0 fully saturated rings. The predicted octanol–water partition coefficient (Wildman–Crippen LogP) is 4.00. The Kier molecular flexibility index (Phi) is 4.37. The summed E-state index contributed by atoms with van der Waals surface area (Å²) in [6, 6.07) is 13.2. The number of hydrogen-bond donors (Lipinski definition) is 2. The van der Waals surface area contributed by atoms with Crippen molar-refractivity contribution >= 4 is 28.5 Å². The summed E-state index contributed by atoms with van der Waals surface area (Å²) in [6.07, 6.45) is 1.67. The molecule has 8 heteroatoms. The fraction of sp³-hybridized carbons (Fsp3) is 0.105. The zero-order valence-electron chi connectivity index (χ0n) is 14.4. The molecular weight excluding hydrogens is 350 g/mol. The van der Waals surface area contributed by atoms with Crippen LogP contribution in [-0.4, -0.2) is 19.7 Å². The number of anilines is 3. The summed E-state index contributed by atoms with van der Waals surface area (Å²) in [5, 5.41) is 11.0. The number of rotatable bonds is 5. The molecule has 4 rings (SSSR count). The van der Waals surface area contributed by atoms with Gasteiger partial charge in [-0.25, -0.2) is 8.78 Å². The van der Waals surface area contributed by atoms with Crippen LogP contribution >= 0.6 is 0 Å². The van der Waals surface area contributed by atoms with Crippen LogP contribution in [-0.2, 0) is 13.6 Å². The smallest absolute Gasteiger partial charge is 0.231 e. The van der Waals surface area contributed by atoms with E-state index >= 15 is 0 Å². The largest absolute Gasteiger partial charge is 0.365 e. The van der Waals surface area contributed by atoms with Gasteiger partial charge in [0.05, 0.1) is 17.3 Å². The van der Waals surface area contributed by atoms with Gasteiger partial charge in [0, 0.05) is 19.7 Å². The third-order valence-electron chi connectivity index (χ3n) is 4.07. The van der Waals surface area contributed by atoms with Crippen LogP contribution in [0.4, 0.5) is 26.2 Å². The normalized spacial score (nSPS) is 10.9. The molecule has 2 N–H and O–H groups in total. The van der Waals surface area contributed by atoms with E-state index in [9.17, 15) is 8.78 Å². The molecule has 0 aliphatic carbocycles. The lowest BCUT2D eigenvalue weighted by Gasteiger charge is -2.11. The van der Waals surface area contributed by atoms with Crippen LogP contribution in [0, 0.1) is 11.6 Å². The Labute approximate surface area is 153 Å². The number of aryl methyl sites for hydroxylation is 1. The van der Waals surface area contributed by atoms with E-state index in [0.717, 1.165) is 17.0 Å². The summed E-state index contributed by atoms with van der Waals surface area (Å²) in [7, 11) is 1.76. The fourth-order valence-corrected chi connectivity index (χ4v) is 2.71. The standard InChI is InChI=1S/C19H16F2N6/c1-27-18-14(11-23-27)17(22-10-12-5-3-2-4-6-12)25-19(26-18)24-16-8-7-13(20)9-15(16)21/h2-9,11H,10H2,1H3,(H2,22,24,25,26). The summed E-state index contributed by atoms with van der Waals surface area (Å²) in [6.45, 7) is 0.562. The molecule has 6 nitrogen and oxygen atoms in total. The predicted molar refractivity (Wildman–Crippen MR) is 99.7 cm³/mol. The second kappa shape index (κ2) is 6.99. The topological polar surface area (TPSA) is 67.7 Å². The summed E-state index contributed by atoms with van der Waals surface area (Å²) in [5.74, 6) is -0.608. The summed E-state index contributed by atoms with van der Waals surface area (Å²) in [4.78, 5) is 8.83. The van der Waals surface area contributed by atoms with Crippen molar-refractivity contribution in [1.29, 1.82) is 0 Å². The average Bonchev–Trinajstić information content (AvgIpc) is 3.04. The van der Waals surface area contributed by atoms with Crippen molar-refractivity contribution < 1.29 is 8.78 Å². The minimum Gasteiger partial charge on any atom is -0.365 e. The molecule has 0 saturated carbocycles. The Morgan fingerprint density at radius 3 is 2.63 bits per heavy atom. The lowest BCUT2D eigenvalue weighted by atomic mass is 10.2. The van der Waals surface area contributed by atoms with Gasteiger partial charge in [0.25, 0.3) is 0 Å². The van der Waals surface area contributed by atoms with E-state index < -0.39 is 11.6 Å². The van der Waals surface area contributed by atoms with E-state index in [1.807, 2.05) is 30.3 Å². The minimum absolute atomic E-state index is 0.0897. The SMILES string of the molecule is Cn1ncc2c(NCc3ccccc3)nc(Nc3ccc(F)cc3F)nc21. The zero-order chi connectivity index (χ0) is 18.8. The van der Waals surface area contributed by atoms with Gasteiger partial charge >= 0.3 is 0 Å². The molecule has 2 aromatic carbocycles. The molecule has 0 radical (unpaired) electrons. The first-order valence-corrected chi connectivity index (χ1v) is 8.30. The molecule has 136 valence electrons. The Morgan fingerprint density at radius 2 is 1.85 bits per heavy atom. The molecule has 0 aliphatic rings. The summed E-state index contributed by atoms with van der Waals surface area (Å²) >= 11 is 0. The van der Waals surface area contributed by atoms with E-state index in [0.29, 0.717) is 18.0 Å². The highest BCUT2D eigenvalue weighted by Gasteiger charge is 2.13. The van der Waals surface area contributed by atoms with E-state index in [1.165, 1.54) is 12.1 Å². The Morgan fingerprint density at radius 1 is 1.04 bits per heavy atom.